The number of ether oxygens (including phenoxy) is 8. The van der Waals surface area contributed by atoms with E-state index in [4.69, 9.17) is 37.9 Å². The molecule has 0 rings (SSSR count). The highest BCUT2D eigenvalue weighted by Gasteiger charge is 2.34. The van der Waals surface area contributed by atoms with Gasteiger partial charge in [0, 0.05) is 12.2 Å². The molecule has 0 aromatic rings. The van der Waals surface area contributed by atoms with Gasteiger partial charge in [-0.25, -0.2) is 19.2 Å². The van der Waals surface area contributed by atoms with Crippen LogP contribution in [0.3, 0.4) is 0 Å². The number of hydrogen-bond acceptors (Lipinski definition) is 12. The van der Waals surface area contributed by atoms with E-state index in [0.717, 1.165) is 12.2 Å². The quantitative estimate of drug-likeness (QED) is 0.114. The van der Waals surface area contributed by atoms with Crippen LogP contribution in [-0.2, 0) is 57.1 Å². The summed E-state index contributed by atoms with van der Waals surface area (Å²) in [6.07, 6.45) is 0.0292. The molecule has 0 spiro atoms. The fourth-order valence-electron chi connectivity index (χ4n) is 3.54. The minimum Gasteiger partial charge on any atom is -0.461 e. The minimum atomic E-state index is -1.28. The summed E-state index contributed by atoms with van der Waals surface area (Å²) in [4.78, 5) is 48.8. The summed E-state index contributed by atoms with van der Waals surface area (Å²) in [5.41, 5.74) is -2.57. The maximum atomic E-state index is 12.4. The van der Waals surface area contributed by atoms with E-state index in [9.17, 15) is 19.2 Å². The first-order chi connectivity index (χ1) is 19.2. The molecule has 0 fully saturated rings. The second-order valence-corrected chi connectivity index (χ2v) is 11.7. The van der Waals surface area contributed by atoms with Gasteiger partial charge < -0.3 is 37.9 Å². The Labute approximate surface area is 250 Å². The van der Waals surface area contributed by atoms with Crippen LogP contribution in [-0.4, -0.2) is 98.1 Å². The Morgan fingerprint density at radius 3 is 1.07 bits per heavy atom. The molecule has 4 unspecified atom stereocenters. The third-order valence-electron chi connectivity index (χ3n) is 5.16. The minimum absolute atomic E-state index is 0.00532. The van der Waals surface area contributed by atoms with Crippen molar-refractivity contribution in [2.75, 3.05) is 26.4 Å². The molecule has 4 atom stereocenters. The number of carbonyl (C=O) groups excluding carboxylic acids is 4. The van der Waals surface area contributed by atoms with Gasteiger partial charge in [0.1, 0.15) is 26.4 Å². The Morgan fingerprint density at radius 2 is 0.786 bits per heavy atom. The summed E-state index contributed by atoms with van der Waals surface area (Å²) in [6.45, 7) is 20.4. The maximum Gasteiger partial charge on any atom is 0.337 e. The average Bonchev–Trinajstić information content (AvgIpc) is 2.85. The van der Waals surface area contributed by atoms with E-state index in [1.165, 1.54) is 0 Å². The lowest BCUT2D eigenvalue weighted by Crippen LogP contribution is -2.41. The number of hydrogen-bond donors (Lipinski definition) is 0. The van der Waals surface area contributed by atoms with Crippen LogP contribution in [0.1, 0.15) is 83.1 Å². The van der Waals surface area contributed by atoms with Gasteiger partial charge in [0.15, 0.2) is 11.2 Å². The normalized spacial score (nSPS) is 15.3. The van der Waals surface area contributed by atoms with Gasteiger partial charge in [-0.15, -0.1) is 0 Å². The predicted molar refractivity (Wildman–Crippen MR) is 154 cm³/mol. The van der Waals surface area contributed by atoms with Crippen LogP contribution in [0.5, 0.6) is 0 Å². The lowest BCUT2D eigenvalue weighted by Gasteiger charge is -2.27. The zero-order valence-corrected chi connectivity index (χ0v) is 27.3. The first-order valence-corrected chi connectivity index (χ1v) is 14.3. The molecule has 244 valence electrons. The monoisotopic (exact) mass is 604 g/mol. The van der Waals surface area contributed by atoms with Gasteiger partial charge in [0.25, 0.3) is 0 Å². The topological polar surface area (TPSA) is 142 Å². The second-order valence-electron chi connectivity index (χ2n) is 11.7. The molecule has 0 bridgehead atoms. The van der Waals surface area contributed by atoms with Crippen LogP contribution in [0.25, 0.3) is 0 Å². The molecular weight excluding hydrogens is 552 g/mol. The largest absolute Gasteiger partial charge is 0.461 e. The molecule has 0 N–H and O–H groups in total. The van der Waals surface area contributed by atoms with Crippen molar-refractivity contribution in [2.24, 2.45) is 0 Å². The molecule has 0 amide bonds. The number of rotatable bonds is 20. The zero-order valence-electron chi connectivity index (χ0n) is 27.3. The Bertz CT molecular complexity index is 808. The Balaban J connectivity index is 4.48. The van der Waals surface area contributed by atoms with E-state index in [1.807, 2.05) is 27.7 Å². The van der Waals surface area contributed by atoms with Crippen LogP contribution in [0.4, 0.5) is 0 Å². The summed E-state index contributed by atoms with van der Waals surface area (Å²) in [7, 11) is 0. The molecule has 0 aliphatic heterocycles. The van der Waals surface area contributed by atoms with Crippen molar-refractivity contribution in [1.82, 2.24) is 0 Å². The molecule has 0 aliphatic rings. The van der Waals surface area contributed by atoms with Crippen LogP contribution in [0.15, 0.2) is 12.2 Å². The average molecular weight is 605 g/mol. The molecule has 0 aromatic carbocycles. The first-order valence-electron chi connectivity index (χ1n) is 14.3. The van der Waals surface area contributed by atoms with Crippen molar-refractivity contribution < 1.29 is 57.1 Å². The van der Waals surface area contributed by atoms with Crippen molar-refractivity contribution in [3.05, 3.63) is 12.2 Å². The fraction of sp³-hybridized carbons (Fsp3) is 0.800. The van der Waals surface area contributed by atoms with Crippen LogP contribution in [0.2, 0.25) is 0 Å². The molecular formula is C30H52O12. The summed E-state index contributed by atoms with van der Waals surface area (Å²) < 4.78 is 43.2. The van der Waals surface area contributed by atoms with Crippen molar-refractivity contribution in [3.8, 4) is 0 Å². The summed E-state index contributed by atoms with van der Waals surface area (Å²) in [5.74, 6) is -2.75. The van der Waals surface area contributed by atoms with Crippen molar-refractivity contribution in [3.63, 3.8) is 0 Å². The molecule has 0 aliphatic carbocycles. The van der Waals surface area contributed by atoms with Gasteiger partial charge in [-0.2, -0.15) is 0 Å². The number of carbonyl (C=O) groups is 4. The standard InChI is InChI=1S/C30H52O12/c1-19(2)39-21(5)15-37-27(33)29(9,10)41-23(7)17-35-25(31)13-14-26(32)36-18-24(8)42-30(11,12)28(34)38-16-22(6)40-20(3)4/h13-14,19-24H,15-18H2,1-12H3/b14-13-. The van der Waals surface area contributed by atoms with Gasteiger partial charge in [0.2, 0.25) is 0 Å². The van der Waals surface area contributed by atoms with Crippen LogP contribution >= 0.6 is 0 Å². The fourth-order valence-corrected chi connectivity index (χ4v) is 3.54. The third-order valence-corrected chi connectivity index (χ3v) is 5.16. The highest BCUT2D eigenvalue weighted by Crippen LogP contribution is 2.17. The van der Waals surface area contributed by atoms with Crippen molar-refractivity contribution in [1.29, 1.82) is 0 Å². The lowest BCUT2D eigenvalue weighted by molar-refractivity contribution is -0.182. The SMILES string of the molecule is CC(C)OC(C)COC(=O)C(C)(C)OC(C)COC(=O)/C=C\C(=O)OCC(C)OC(C)(C)C(=O)OCC(C)OC(C)C. The van der Waals surface area contributed by atoms with Gasteiger partial charge in [-0.3, -0.25) is 0 Å². The number of esters is 4. The second kappa shape index (κ2) is 18.9. The van der Waals surface area contributed by atoms with E-state index in [0.29, 0.717) is 0 Å². The first kappa shape index (κ1) is 39.5. The van der Waals surface area contributed by atoms with E-state index < -0.39 is 47.3 Å². The van der Waals surface area contributed by atoms with Crippen molar-refractivity contribution in [2.45, 2.75) is 131 Å². The van der Waals surface area contributed by atoms with E-state index in [-0.39, 0.29) is 50.8 Å². The Morgan fingerprint density at radius 1 is 0.500 bits per heavy atom. The molecule has 0 saturated heterocycles. The highest BCUT2D eigenvalue weighted by atomic mass is 16.6. The molecule has 0 heterocycles. The van der Waals surface area contributed by atoms with E-state index in [2.05, 4.69) is 0 Å². The van der Waals surface area contributed by atoms with E-state index in [1.54, 1.807) is 55.4 Å². The molecule has 42 heavy (non-hydrogen) atoms. The van der Waals surface area contributed by atoms with Gasteiger partial charge in [0.05, 0.1) is 36.6 Å². The van der Waals surface area contributed by atoms with Crippen LogP contribution in [0, 0.1) is 0 Å². The predicted octanol–water partition coefficient (Wildman–Crippen LogP) is 3.71. The van der Waals surface area contributed by atoms with E-state index >= 15 is 0 Å². The van der Waals surface area contributed by atoms with Crippen LogP contribution < -0.4 is 0 Å². The van der Waals surface area contributed by atoms with Gasteiger partial charge in [-0.05, 0) is 83.1 Å². The van der Waals surface area contributed by atoms with Gasteiger partial charge >= 0.3 is 23.9 Å². The molecule has 0 aromatic heterocycles. The Hall–Kier alpha value is -2.54. The molecule has 12 heteroatoms. The summed E-state index contributed by atoms with van der Waals surface area (Å²) >= 11 is 0. The van der Waals surface area contributed by atoms with Crippen molar-refractivity contribution >= 4 is 23.9 Å². The molecule has 0 saturated carbocycles. The summed E-state index contributed by atoms with van der Waals surface area (Å²) in [6, 6.07) is 0. The van der Waals surface area contributed by atoms with Gasteiger partial charge in [-0.1, -0.05) is 0 Å². The lowest BCUT2D eigenvalue weighted by atomic mass is 10.1. The Kier molecular flexibility index (Phi) is 17.7. The maximum absolute atomic E-state index is 12.4. The zero-order chi connectivity index (χ0) is 32.7. The molecule has 0 radical (unpaired) electrons. The molecule has 12 nitrogen and oxygen atoms in total. The third kappa shape index (κ3) is 18.1. The summed E-state index contributed by atoms with van der Waals surface area (Å²) in [5, 5.41) is 0. The highest BCUT2D eigenvalue weighted by molar-refractivity contribution is 5.91. The smallest absolute Gasteiger partial charge is 0.337 e.